The Morgan fingerprint density at radius 3 is 2.54 bits per heavy atom. The van der Waals surface area contributed by atoms with Crippen LogP contribution in [-0.2, 0) is 26.0 Å². The molecule has 3 aromatic carbocycles. The van der Waals surface area contributed by atoms with E-state index in [9.17, 15) is 18.0 Å². The number of piperidine rings is 1. The summed E-state index contributed by atoms with van der Waals surface area (Å²) in [5.74, 6) is 0.0000149. The minimum absolute atomic E-state index is 0.0495. The highest BCUT2D eigenvalue weighted by molar-refractivity contribution is 7.89. The predicted molar refractivity (Wildman–Crippen MR) is 156 cm³/mol. The number of methoxy groups -OCH3 is 1. The van der Waals surface area contributed by atoms with E-state index in [1.54, 1.807) is 49.3 Å². The lowest BCUT2D eigenvalue weighted by Crippen LogP contribution is -2.54. The van der Waals surface area contributed by atoms with E-state index in [0.29, 0.717) is 49.5 Å². The van der Waals surface area contributed by atoms with Gasteiger partial charge < -0.3 is 19.7 Å². The molecule has 2 amide bonds. The van der Waals surface area contributed by atoms with Crippen molar-refractivity contribution in [2.24, 2.45) is 5.92 Å². The zero-order valence-corrected chi connectivity index (χ0v) is 24.1. The normalized spacial score (nSPS) is 19.1. The van der Waals surface area contributed by atoms with Crippen LogP contribution in [0.2, 0.25) is 0 Å². The van der Waals surface area contributed by atoms with E-state index < -0.39 is 22.0 Å². The number of carbonyl (C=O) groups excluding carboxylic acids is 2. The lowest BCUT2D eigenvalue weighted by atomic mass is 9.97. The maximum Gasteiger partial charge on any atom is 0.262 e. The largest absolute Gasteiger partial charge is 0.496 e. The van der Waals surface area contributed by atoms with Crippen molar-refractivity contribution in [3.63, 3.8) is 0 Å². The molecular formula is C31H35N3O6S. The van der Waals surface area contributed by atoms with Gasteiger partial charge in [0.25, 0.3) is 5.91 Å². The second-order valence-electron chi connectivity index (χ2n) is 10.4. The highest BCUT2D eigenvalue weighted by Gasteiger charge is 2.39. The third-order valence-electron chi connectivity index (χ3n) is 7.63. The van der Waals surface area contributed by atoms with Gasteiger partial charge in [0.1, 0.15) is 11.5 Å². The van der Waals surface area contributed by atoms with Gasteiger partial charge in [0, 0.05) is 19.6 Å². The molecule has 1 saturated heterocycles. The highest BCUT2D eigenvalue weighted by atomic mass is 32.2. The number of para-hydroxylation sites is 2. The van der Waals surface area contributed by atoms with Crippen molar-refractivity contribution in [2.75, 3.05) is 38.2 Å². The summed E-state index contributed by atoms with van der Waals surface area (Å²) in [5, 5.41) is 2.93. The van der Waals surface area contributed by atoms with Crippen LogP contribution in [0.15, 0.2) is 77.7 Å². The minimum Gasteiger partial charge on any atom is -0.496 e. The van der Waals surface area contributed by atoms with Gasteiger partial charge in [-0.15, -0.1) is 0 Å². The zero-order chi connectivity index (χ0) is 29.0. The van der Waals surface area contributed by atoms with Crippen LogP contribution in [0.25, 0.3) is 0 Å². The van der Waals surface area contributed by atoms with Crippen molar-refractivity contribution in [1.29, 1.82) is 0 Å². The summed E-state index contributed by atoms with van der Waals surface area (Å²) in [6, 6.07) is 21.8. The average Bonchev–Trinajstić information content (AvgIpc) is 3.00. The summed E-state index contributed by atoms with van der Waals surface area (Å²) in [5.41, 5.74) is 2.41. The lowest BCUT2D eigenvalue weighted by Gasteiger charge is -2.38. The number of hydrogen-bond acceptors (Lipinski definition) is 6. The van der Waals surface area contributed by atoms with Crippen molar-refractivity contribution in [3.8, 4) is 11.5 Å². The van der Waals surface area contributed by atoms with Crippen LogP contribution in [0.1, 0.15) is 24.0 Å². The van der Waals surface area contributed by atoms with Gasteiger partial charge in [-0.2, -0.15) is 4.31 Å². The number of fused-ring (bicyclic) bond motifs is 1. The number of sulfonamides is 1. The molecule has 1 fully saturated rings. The molecule has 0 unspecified atom stereocenters. The summed E-state index contributed by atoms with van der Waals surface area (Å²) >= 11 is 0. The number of ether oxygens (including phenoxy) is 2. The second kappa shape index (κ2) is 12.3. The predicted octanol–water partition coefficient (Wildman–Crippen LogP) is 3.56. The molecule has 0 saturated carbocycles. The van der Waals surface area contributed by atoms with Crippen molar-refractivity contribution in [3.05, 3.63) is 83.9 Å². The molecule has 2 atom stereocenters. The van der Waals surface area contributed by atoms with E-state index in [2.05, 4.69) is 5.32 Å². The van der Waals surface area contributed by atoms with Crippen LogP contribution in [0.5, 0.6) is 11.5 Å². The molecule has 0 spiro atoms. The van der Waals surface area contributed by atoms with Gasteiger partial charge in [-0.25, -0.2) is 8.42 Å². The molecule has 0 aliphatic carbocycles. The van der Waals surface area contributed by atoms with Crippen molar-refractivity contribution in [2.45, 2.75) is 37.2 Å². The SMILES string of the molecule is COc1ccc(S(=O)(=O)N2CCC[C@H](C(=O)N3C[C@H](C(=O)NCCc4ccccc4)Oc4ccccc43)C2)cc1C. The maximum absolute atomic E-state index is 13.9. The summed E-state index contributed by atoms with van der Waals surface area (Å²) in [6.07, 6.45) is 0.911. The topological polar surface area (TPSA) is 105 Å². The molecule has 2 heterocycles. The first-order valence-electron chi connectivity index (χ1n) is 13.8. The molecule has 0 radical (unpaired) electrons. The number of carbonyl (C=O) groups is 2. The Kier molecular flexibility index (Phi) is 8.60. The number of rotatable bonds is 8. The fourth-order valence-electron chi connectivity index (χ4n) is 5.41. The number of anilines is 1. The van der Waals surface area contributed by atoms with E-state index in [1.807, 2.05) is 36.4 Å². The molecule has 216 valence electrons. The quantitative estimate of drug-likeness (QED) is 0.439. The lowest BCUT2D eigenvalue weighted by molar-refractivity contribution is -0.129. The molecular weight excluding hydrogens is 542 g/mol. The Labute approximate surface area is 241 Å². The molecule has 10 heteroatoms. The zero-order valence-electron chi connectivity index (χ0n) is 23.3. The van der Waals surface area contributed by atoms with Gasteiger partial charge in [-0.1, -0.05) is 42.5 Å². The summed E-state index contributed by atoms with van der Waals surface area (Å²) in [7, 11) is -2.26. The summed E-state index contributed by atoms with van der Waals surface area (Å²) in [6.45, 7) is 2.69. The van der Waals surface area contributed by atoms with Gasteiger partial charge in [-0.05, 0) is 67.6 Å². The summed E-state index contributed by atoms with van der Waals surface area (Å²) in [4.78, 5) is 28.8. The van der Waals surface area contributed by atoms with E-state index in [1.165, 1.54) is 10.4 Å². The summed E-state index contributed by atoms with van der Waals surface area (Å²) < 4.78 is 39.7. The molecule has 0 aromatic heterocycles. The Hall–Kier alpha value is -3.89. The molecule has 5 rings (SSSR count). The molecule has 9 nitrogen and oxygen atoms in total. The number of aryl methyl sites for hydroxylation is 1. The van der Waals surface area contributed by atoms with Crippen LogP contribution in [-0.4, -0.2) is 63.9 Å². The van der Waals surface area contributed by atoms with E-state index in [-0.39, 0.29) is 29.8 Å². The Bertz CT molecular complexity index is 1510. The number of benzene rings is 3. The smallest absolute Gasteiger partial charge is 0.262 e. The molecule has 2 aliphatic heterocycles. The van der Waals surface area contributed by atoms with Crippen molar-refractivity contribution in [1.82, 2.24) is 9.62 Å². The second-order valence-corrected chi connectivity index (χ2v) is 12.3. The van der Waals surface area contributed by atoms with Gasteiger partial charge in [0.15, 0.2) is 6.10 Å². The van der Waals surface area contributed by atoms with Gasteiger partial charge in [0.2, 0.25) is 15.9 Å². The number of nitrogens with zero attached hydrogens (tertiary/aromatic N) is 2. The van der Waals surface area contributed by atoms with Gasteiger partial charge >= 0.3 is 0 Å². The van der Waals surface area contributed by atoms with Gasteiger partial charge in [-0.3, -0.25) is 9.59 Å². The van der Waals surface area contributed by atoms with Crippen LogP contribution >= 0.6 is 0 Å². The standard InChI is InChI=1S/C31H35N3O6S/c1-22-19-25(14-15-27(22)39-2)41(37,38)33-18-8-11-24(20-33)31(36)34-21-29(40-28-13-7-6-12-26(28)34)30(35)32-17-16-23-9-4-3-5-10-23/h3-7,9-10,12-15,19,24,29H,8,11,16-18,20-21H2,1-2H3,(H,32,35)/t24-,29+/m0/s1. The highest BCUT2D eigenvalue weighted by Crippen LogP contribution is 2.36. The first-order chi connectivity index (χ1) is 19.8. The number of amides is 2. The average molecular weight is 578 g/mol. The van der Waals surface area contributed by atoms with Crippen LogP contribution in [0, 0.1) is 12.8 Å². The third kappa shape index (κ3) is 6.23. The third-order valence-corrected chi connectivity index (χ3v) is 9.49. The van der Waals surface area contributed by atoms with E-state index in [0.717, 1.165) is 11.1 Å². The maximum atomic E-state index is 13.9. The van der Waals surface area contributed by atoms with E-state index in [4.69, 9.17) is 9.47 Å². The fourth-order valence-corrected chi connectivity index (χ4v) is 7.02. The first kappa shape index (κ1) is 28.6. The van der Waals surface area contributed by atoms with Crippen molar-refractivity contribution >= 4 is 27.5 Å². The minimum atomic E-state index is -3.81. The monoisotopic (exact) mass is 577 g/mol. The van der Waals surface area contributed by atoms with E-state index >= 15 is 0 Å². The van der Waals surface area contributed by atoms with Crippen molar-refractivity contribution < 1.29 is 27.5 Å². The van der Waals surface area contributed by atoms with Gasteiger partial charge in [0.05, 0.1) is 30.2 Å². The molecule has 1 N–H and O–H groups in total. The fraction of sp³-hybridized carbons (Fsp3) is 0.355. The number of nitrogens with one attached hydrogen (secondary N) is 1. The Morgan fingerprint density at radius 1 is 1.02 bits per heavy atom. The van der Waals surface area contributed by atoms with Crippen LogP contribution < -0.4 is 19.7 Å². The number of hydrogen-bond donors (Lipinski definition) is 1. The molecule has 41 heavy (non-hydrogen) atoms. The molecule has 0 bridgehead atoms. The molecule has 3 aromatic rings. The van der Waals surface area contributed by atoms with Crippen LogP contribution in [0.4, 0.5) is 5.69 Å². The Balaban J connectivity index is 1.30. The molecule has 2 aliphatic rings. The Morgan fingerprint density at radius 2 is 1.78 bits per heavy atom. The van der Waals surface area contributed by atoms with Crippen LogP contribution in [0.3, 0.4) is 0 Å². The first-order valence-corrected chi connectivity index (χ1v) is 15.3.